The van der Waals surface area contributed by atoms with Gasteiger partial charge in [0.25, 0.3) is 5.91 Å². The molecule has 1 N–H and O–H groups in total. The molecule has 0 saturated carbocycles. The number of esters is 1. The second-order valence-corrected chi connectivity index (χ2v) is 8.74. The van der Waals surface area contributed by atoms with Crippen LogP contribution in [-0.2, 0) is 16.0 Å². The number of fused-ring (bicyclic) bond motifs is 1. The van der Waals surface area contributed by atoms with Gasteiger partial charge in [-0.05, 0) is 62.2 Å². The van der Waals surface area contributed by atoms with Crippen molar-refractivity contribution in [3.05, 3.63) is 102 Å². The van der Waals surface area contributed by atoms with Crippen LogP contribution >= 0.6 is 0 Å². The largest absolute Gasteiger partial charge is 0.469 e. The minimum absolute atomic E-state index is 0.235. The standard InChI is InChI=1S/C29H27N5O3/c1-19-24(16-17-26(35)37-3)20(2)34(32-19)23-14-12-22(13-15-23)29(36)31-28-27(21-9-5-4-6-10-21)30-25-11-7-8-18-33(25)28/h4-15,18H,16-17H2,1-3H3,(H,31,36). The van der Waals surface area contributed by atoms with Crippen molar-refractivity contribution in [2.75, 3.05) is 12.4 Å². The lowest BCUT2D eigenvalue weighted by molar-refractivity contribution is -0.140. The monoisotopic (exact) mass is 493 g/mol. The zero-order chi connectivity index (χ0) is 25.9. The summed E-state index contributed by atoms with van der Waals surface area (Å²) in [6.45, 7) is 3.90. The third-order valence-corrected chi connectivity index (χ3v) is 6.43. The van der Waals surface area contributed by atoms with Gasteiger partial charge in [-0.1, -0.05) is 36.4 Å². The van der Waals surface area contributed by atoms with Crippen molar-refractivity contribution in [3.63, 3.8) is 0 Å². The fraction of sp³-hybridized carbons (Fsp3) is 0.172. The number of imidazole rings is 1. The predicted molar refractivity (Wildman–Crippen MR) is 142 cm³/mol. The Hall–Kier alpha value is -4.72. The number of methoxy groups -OCH3 is 1. The minimum atomic E-state index is -0.247. The molecule has 2 aromatic carbocycles. The van der Waals surface area contributed by atoms with Crippen LogP contribution in [0, 0.1) is 13.8 Å². The molecule has 0 spiro atoms. The molecule has 5 aromatic rings. The molecule has 0 atom stereocenters. The van der Waals surface area contributed by atoms with Crippen LogP contribution in [0.2, 0.25) is 0 Å². The number of hydrogen-bond acceptors (Lipinski definition) is 5. The second-order valence-electron chi connectivity index (χ2n) is 8.74. The number of carbonyl (C=O) groups is 2. The van der Waals surface area contributed by atoms with Gasteiger partial charge in [-0.2, -0.15) is 5.10 Å². The molecule has 5 rings (SSSR count). The summed E-state index contributed by atoms with van der Waals surface area (Å²) in [5, 5.41) is 7.71. The summed E-state index contributed by atoms with van der Waals surface area (Å²) in [6.07, 6.45) is 2.75. The number of ether oxygens (including phenoxy) is 1. The third-order valence-electron chi connectivity index (χ3n) is 6.43. The van der Waals surface area contributed by atoms with Crippen LogP contribution in [0.15, 0.2) is 79.0 Å². The lowest BCUT2D eigenvalue weighted by Gasteiger charge is -2.09. The van der Waals surface area contributed by atoms with Gasteiger partial charge >= 0.3 is 5.97 Å². The van der Waals surface area contributed by atoms with E-state index in [1.165, 1.54) is 7.11 Å². The lowest BCUT2D eigenvalue weighted by atomic mass is 10.1. The number of carbonyl (C=O) groups excluding carboxylic acids is 2. The summed E-state index contributed by atoms with van der Waals surface area (Å²) in [5.41, 5.74) is 6.57. The summed E-state index contributed by atoms with van der Waals surface area (Å²) in [4.78, 5) is 29.6. The molecule has 8 heteroatoms. The maximum atomic E-state index is 13.3. The average molecular weight is 494 g/mol. The van der Waals surface area contributed by atoms with E-state index in [2.05, 4.69) is 10.4 Å². The van der Waals surface area contributed by atoms with E-state index in [-0.39, 0.29) is 11.9 Å². The highest BCUT2D eigenvalue weighted by molar-refractivity contribution is 6.05. The Morgan fingerprint density at radius 2 is 1.68 bits per heavy atom. The van der Waals surface area contributed by atoms with E-state index in [0.717, 1.165) is 33.8 Å². The molecular weight excluding hydrogens is 466 g/mol. The van der Waals surface area contributed by atoms with Crippen LogP contribution in [0.1, 0.15) is 33.7 Å². The van der Waals surface area contributed by atoms with Crippen LogP contribution in [0.25, 0.3) is 22.6 Å². The van der Waals surface area contributed by atoms with Crippen LogP contribution in [0.4, 0.5) is 5.82 Å². The summed E-state index contributed by atoms with van der Waals surface area (Å²) >= 11 is 0. The zero-order valence-electron chi connectivity index (χ0n) is 20.9. The fourth-order valence-electron chi connectivity index (χ4n) is 4.46. The molecule has 8 nitrogen and oxygen atoms in total. The molecule has 0 unspecified atom stereocenters. The predicted octanol–water partition coefficient (Wildman–Crippen LogP) is 5.16. The average Bonchev–Trinajstić information content (AvgIpc) is 3.44. The van der Waals surface area contributed by atoms with Crippen LogP contribution in [0.5, 0.6) is 0 Å². The maximum absolute atomic E-state index is 13.3. The topological polar surface area (TPSA) is 90.5 Å². The first kappa shape index (κ1) is 24.0. The highest BCUT2D eigenvalue weighted by Gasteiger charge is 2.18. The summed E-state index contributed by atoms with van der Waals surface area (Å²) in [6, 6.07) is 22.8. The van der Waals surface area contributed by atoms with E-state index in [1.807, 2.05) is 89.8 Å². The number of aromatic nitrogens is 4. The van der Waals surface area contributed by atoms with E-state index < -0.39 is 0 Å². The second kappa shape index (κ2) is 10.1. The van der Waals surface area contributed by atoms with Gasteiger partial charge in [0.05, 0.1) is 18.5 Å². The summed E-state index contributed by atoms with van der Waals surface area (Å²) in [5.74, 6) is 0.134. The molecule has 1 amide bonds. The molecular formula is C29H27N5O3. The van der Waals surface area contributed by atoms with Gasteiger partial charge in [0, 0.05) is 29.4 Å². The van der Waals surface area contributed by atoms with Crippen LogP contribution < -0.4 is 5.32 Å². The quantitative estimate of drug-likeness (QED) is 0.316. The molecule has 0 bridgehead atoms. The minimum Gasteiger partial charge on any atom is -0.469 e. The number of nitrogens with zero attached hydrogens (tertiary/aromatic N) is 4. The van der Waals surface area contributed by atoms with E-state index >= 15 is 0 Å². The first-order valence-electron chi connectivity index (χ1n) is 12.0. The van der Waals surface area contributed by atoms with Gasteiger partial charge in [0.1, 0.15) is 17.2 Å². The van der Waals surface area contributed by atoms with Crippen molar-refractivity contribution in [2.24, 2.45) is 0 Å². The smallest absolute Gasteiger partial charge is 0.305 e. The SMILES string of the molecule is COC(=O)CCc1c(C)nn(-c2ccc(C(=O)Nc3c(-c4ccccc4)nc4ccccn34)cc2)c1C. The van der Waals surface area contributed by atoms with Crippen molar-refractivity contribution in [3.8, 4) is 16.9 Å². The number of pyridine rings is 1. The molecule has 186 valence electrons. The Morgan fingerprint density at radius 1 is 0.946 bits per heavy atom. The fourth-order valence-corrected chi connectivity index (χ4v) is 4.46. The van der Waals surface area contributed by atoms with Crippen molar-refractivity contribution in [1.29, 1.82) is 0 Å². The Labute approximate surface area is 214 Å². The van der Waals surface area contributed by atoms with E-state index in [1.54, 1.807) is 12.1 Å². The molecule has 3 aromatic heterocycles. The van der Waals surface area contributed by atoms with Gasteiger partial charge in [0.2, 0.25) is 0 Å². The Morgan fingerprint density at radius 3 is 2.41 bits per heavy atom. The van der Waals surface area contributed by atoms with Crippen molar-refractivity contribution in [2.45, 2.75) is 26.7 Å². The molecule has 3 heterocycles. The van der Waals surface area contributed by atoms with Crippen LogP contribution in [-0.4, -0.2) is 38.2 Å². The Kier molecular flexibility index (Phi) is 6.55. The number of benzene rings is 2. The summed E-state index contributed by atoms with van der Waals surface area (Å²) < 4.78 is 8.47. The molecule has 0 radical (unpaired) electrons. The molecule has 0 aliphatic carbocycles. The van der Waals surface area contributed by atoms with Gasteiger partial charge in [-0.15, -0.1) is 0 Å². The van der Waals surface area contributed by atoms with Crippen LogP contribution in [0.3, 0.4) is 0 Å². The van der Waals surface area contributed by atoms with Crippen molar-refractivity contribution < 1.29 is 14.3 Å². The van der Waals surface area contributed by atoms with Crippen molar-refractivity contribution in [1.82, 2.24) is 19.2 Å². The van der Waals surface area contributed by atoms with Crippen molar-refractivity contribution >= 4 is 23.3 Å². The summed E-state index contributed by atoms with van der Waals surface area (Å²) in [7, 11) is 1.39. The van der Waals surface area contributed by atoms with Gasteiger partial charge in [0.15, 0.2) is 0 Å². The van der Waals surface area contributed by atoms with E-state index in [9.17, 15) is 9.59 Å². The first-order valence-corrected chi connectivity index (χ1v) is 12.0. The number of rotatable bonds is 7. The molecule has 0 aliphatic heterocycles. The van der Waals surface area contributed by atoms with Gasteiger partial charge in [-0.25, -0.2) is 9.67 Å². The number of nitrogens with one attached hydrogen (secondary N) is 1. The molecule has 0 aliphatic rings. The van der Waals surface area contributed by atoms with Gasteiger partial charge < -0.3 is 10.1 Å². The third kappa shape index (κ3) is 4.73. The Bertz CT molecular complexity index is 1580. The highest BCUT2D eigenvalue weighted by atomic mass is 16.5. The molecule has 0 saturated heterocycles. The van der Waals surface area contributed by atoms with Gasteiger partial charge in [-0.3, -0.25) is 14.0 Å². The normalized spacial score (nSPS) is 11.0. The zero-order valence-corrected chi connectivity index (χ0v) is 20.9. The number of anilines is 1. The number of amides is 1. The highest BCUT2D eigenvalue weighted by Crippen LogP contribution is 2.29. The number of hydrogen-bond donors (Lipinski definition) is 1. The maximum Gasteiger partial charge on any atom is 0.305 e. The molecule has 0 fully saturated rings. The van der Waals surface area contributed by atoms with E-state index in [4.69, 9.17) is 9.72 Å². The van der Waals surface area contributed by atoms with E-state index in [0.29, 0.717) is 29.9 Å². The lowest BCUT2D eigenvalue weighted by Crippen LogP contribution is -2.14. The first-order chi connectivity index (χ1) is 18.0. The molecule has 37 heavy (non-hydrogen) atoms. The Balaban J connectivity index is 1.40. The number of aryl methyl sites for hydroxylation is 1.